The van der Waals surface area contributed by atoms with Crippen molar-refractivity contribution in [2.75, 3.05) is 19.6 Å². The van der Waals surface area contributed by atoms with Crippen LogP contribution in [0, 0.1) is 0 Å². The van der Waals surface area contributed by atoms with Crippen molar-refractivity contribution in [2.24, 2.45) is 17.2 Å². The van der Waals surface area contributed by atoms with E-state index in [0.717, 1.165) is 0 Å². The average molecular weight is 507 g/mol. The van der Waals surface area contributed by atoms with Crippen LogP contribution in [0.25, 0.3) is 0 Å². The lowest BCUT2D eigenvalue weighted by Gasteiger charge is -2.25. The van der Waals surface area contributed by atoms with E-state index in [1.807, 2.05) is 0 Å². The lowest BCUT2D eigenvalue weighted by atomic mass is 9.64. The Balaban J connectivity index is 2.02. The molecule has 194 valence electrons. The van der Waals surface area contributed by atoms with E-state index >= 15 is 0 Å². The van der Waals surface area contributed by atoms with Crippen molar-refractivity contribution in [3.63, 3.8) is 0 Å². The number of aliphatic hydroxyl groups is 3. The summed E-state index contributed by atoms with van der Waals surface area (Å²) in [5, 5.41) is 53.2. The highest BCUT2D eigenvalue weighted by Crippen LogP contribution is 2.15. The van der Waals surface area contributed by atoms with Gasteiger partial charge in [0, 0.05) is 19.6 Å². The summed E-state index contributed by atoms with van der Waals surface area (Å²) in [6.07, 6.45) is -3.16. The molecule has 0 saturated carbocycles. The maximum absolute atomic E-state index is 11.0. The second-order valence-electron chi connectivity index (χ2n) is 8.45. The summed E-state index contributed by atoms with van der Waals surface area (Å²) in [5.74, 6) is 0. The first-order chi connectivity index (χ1) is 17.8. The Bertz CT molecular complexity index is 1080. The van der Waals surface area contributed by atoms with E-state index in [1.54, 1.807) is 72.8 Å². The number of nitrogens with two attached hydrogens (primary N) is 3. The van der Waals surface area contributed by atoms with Crippen LogP contribution >= 0.6 is 0 Å². The minimum atomic E-state index is -1.61. The van der Waals surface area contributed by atoms with Crippen molar-refractivity contribution in [1.82, 2.24) is 0 Å². The van der Waals surface area contributed by atoms with Crippen molar-refractivity contribution in [2.45, 2.75) is 18.3 Å². The second-order valence-corrected chi connectivity index (χ2v) is 8.45. The summed E-state index contributed by atoms with van der Waals surface area (Å²) in [6, 6.07) is 19.7. The van der Waals surface area contributed by atoms with Gasteiger partial charge in [-0.25, -0.2) is 0 Å². The minimum absolute atomic E-state index is 0.0752. The van der Waals surface area contributed by atoms with E-state index in [2.05, 4.69) is 0 Å². The van der Waals surface area contributed by atoms with Crippen LogP contribution < -0.4 is 33.6 Å². The molecule has 11 N–H and O–H groups in total. The molecule has 10 nitrogen and oxygen atoms in total. The van der Waals surface area contributed by atoms with Crippen molar-refractivity contribution in [3.8, 4) is 0 Å². The van der Waals surface area contributed by atoms with Crippen LogP contribution in [0.1, 0.15) is 35.0 Å². The molecular weight excluding hydrogens is 475 g/mol. The van der Waals surface area contributed by atoms with Gasteiger partial charge in [0.15, 0.2) is 0 Å². The molecule has 3 aromatic rings. The highest BCUT2D eigenvalue weighted by Gasteiger charge is 2.37. The number of hydrogen-bond donors (Lipinski definition) is 8. The fourth-order valence-electron chi connectivity index (χ4n) is 4.05. The van der Waals surface area contributed by atoms with Crippen molar-refractivity contribution < 1.29 is 34.5 Å². The average Bonchev–Trinajstić information content (AvgIpc) is 2.95. The van der Waals surface area contributed by atoms with Gasteiger partial charge >= 0.3 is 21.4 Å². The second kappa shape index (κ2) is 13.8. The zero-order valence-electron chi connectivity index (χ0n) is 20.3. The maximum Gasteiger partial charge on any atom is 0.478 e. The molecule has 0 fully saturated rings. The molecule has 3 atom stereocenters. The Labute approximate surface area is 217 Å². The van der Waals surface area contributed by atoms with Gasteiger partial charge in [-0.1, -0.05) is 72.8 Å². The highest BCUT2D eigenvalue weighted by atomic mass is 16.6. The van der Waals surface area contributed by atoms with E-state index in [0.29, 0.717) is 22.2 Å². The Morgan fingerprint density at radius 2 is 0.838 bits per heavy atom. The molecule has 3 rings (SSSR count). The van der Waals surface area contributed by atoms with Crippen LogP contribution in [0.2, 0.25) is 0 Å². The van der Waals surface area contributed by atoms with Crippen LogP contribution in [-0.2, 0) is 9.14 Å². The van der Waals surface area contributed by atoms with E-state index < -0.39 is 39.7 Å². The molecule has 0 saturated heterocycles. The predicted octanol–water partition coefficient (Wildman–Crippen LogP) is -2.83. The molecule has 3 aromatic carbocycles. The van der Waals surface area contributed by atoms with Gasteiger partial charge in [-0.2, -0.15) is 0 Å². The molecular formula is C24H32B3N3O7. The van der Waals surface area contributed by atoms with Crippen molar-refractivity contribution in [3.05, 3.63) is 89.5 Å². The molecule has 0 heterocycles. The SMILES string of the molecule is NCC(O)c1ccccc1B(O)OB(OB(O)c1ccccc1C(O)CN)c1ccccc1C(O)CN. The lowest BCUT2D eigenvalue weighted by molar-refractivity contribution is 0.187. The van der Waals surface area contributed by atoms with Crippen molar-refractivity contribution in [1.29, 1.82) is 0 Å². The van der Waals surface area contributed by atoms with Crippen LogP contribution in [0.5, 0.6) is 0 Å². The first-order valence-electron chi connectivity index (χ1n) is 11.9. The summed E-state index contributed by atoms with van der Waals surface area (Å²) >= 11 is 0. The Morgan fingerprint density at radius 1 is 0.541 bits per heavy atom. The third-order valence-corrected chi connectivity index (χ3v) is 6.03. The standard InChI is InChI=1S/C24H32B3N3O7/c28-13-22(31)16-7-1-4-10-19(16)25(34)36-27(21-12-6-3-9-18(21)24(33)15-30)37-26(35)20-11-5-2-8-17(20)23(32)14-29/h1-12,22-24,31-35H,13-15,28-30H2. The number of benzene rings is 3. The van der Waals surface area contributed by atoms with Crippen molar-refractivity contribution >= 4 is 37.7 Å². The van der Waals surface area contributed by atoms with Gasteiger partial charge < -0.3 is 51.7 Å². The van der Waals surface area contributed by atoms with Gasteiger partial charge in [0.05, 0.1) is 18.3 Å². The molecule has 0 aromatic heterocycles. The third-order valence-electron chi connectivity index (χ3n) is 6.03. The van der Waals surface area contributed by atoms with Gasteiger partial charge in [-0.15, -0.1) is 0 Å². The molecule has 0 amide bonds. The first kappa shape index (κ1) is 29.0. The fourth-order valence-corrected chi connectivity index (χ4v) is 4.05. The number of aliphatic hydroxyl groups excluding tert-OH is 3. The van der Waals surface area contributed by atoms with Gasteiger partial charge in [-0.05, 0) is 33.1 Å². The number of hydrogen-bond acceptors (Lipinski definition) is 10. The Morgan fingerprint density at radius 3 is 1.19 bits per heavy atom. The molecule has 0 aliphatic carbocycles. The largest absolute Gasteiger partial charge is 0.478 e. The van der Waals surface area contributed by atoms with Crippen LogP contribution in [0.15, 0.2) is 72.8 Å². The highest BCUT2D eigenvalue weighted by molar-refractivity contribution is 6.79. The molecule has 0 spiro atoms. The molecule has 3 unspecified atom stereocenters. The molecule has 0 radical (unpaired) electrons. The topological polar surface area (TPSA) is 198 Å². The van der Waals surface area contributed by atoms with E-state index in [-0.39, 0.29) is 30.6 Å². The molecule has 13 heteroatoms. The minimum Gasteiger partial charge on any atom is -0.444 e. The molecule has 0 aliphatic rings. The summed E-state index contributed by atoms with van der Waals surface area (Å²) in [7, 11) is -4.63. The van der Waals surface area contributed by atoms with E-state index in [4.69, 9.17) is 26.3 Å². The van der Waals surface area contributed by atoms with E-state index in [9.17, 15) is 25.4 Å². The zero-order chi connectivity index (χ0) is 26.9. The lowest BCUT2D eigenvalue weighted by Crippen LogP contribution is -2.53. The summed E-state index contributed by atoms with van der Waals surface area (Å²) in [5.41, 5.74) is 18.8. The quantitative estimate of drug-likeness (QED) is 0.112. The molecule has 0 bridgehead atoms. The van der Waals surface area contributed by atoms with Crippen LogP contribution in [0.3, 0.4) is 0 Å². The number of rotatable bonds is 13. The van der Waals surface area contributed by atoms with Gasteiger partial charge in [0.1, 0.15) is 0 Å². The zero-order valence-corrected chi connectivity index (χ0v) is 20.3. The van der Waals surface area contributed by atoms with Crippen LogP contribution in [0.4, 0.5) is 0 Å². The first-order valence-corrected chi connectivity index (χ1v) is 11.9. The van der Waals surface area contributed by atoms with Crippen LogP contribution in [-0.4, -0.2) is 66.4 Å². The molecule has 0 aliphatic heterocycles. The Kier molecular flexibility index (Phi) is 10.9. The third kappa shape index (κ3) is 7.06. The Hall–Kier alpha value is -2.55. The predicted molar refractivity (Wildman–Crippen MR) is 144 cm³/mol. The van der Waals surface area contributed by atoms with Gasteiger partial charge in [0.25, 0.3) is 0 Å². The molecule has 37 heavy (non-hydrogen) atoms. The van der Waals surface area contributed by atoms with E-state index in [1.165, 1.54) is 0 Å². The summed E-state index contributed by atoms with van der Waals surface area (Å²) in [6.45, 7) is -0.242. The smallest absolute Gasteiger partial charge is 0.444 e. The van der Waals surface area contributed by atoms with Gasteiger partial charge in [0.2, 0.25) is 0 Å². The monoisotopic (exact) mass is 507 g/mol. The summed E-state index contributed by atoms with van der Waals surface area (Å²) < 4.78 is 11.8. The maximum atomic E-state index is 11.0. The van der Waals surface area contributed by atoms with Gasteiger partial charge in [-0.3, -0.25) is 0 Å². The summed E-state index contributed by atoms with van der Waals surface area (Å²) in [4.78, 5) is 0. The fraction of sp³-hybridized carbons (Fsp3) is 0.250. The normalized spacial score (nSPS) is 13.6.